The molecule has 0 heterocycles. The number of hydrogen-bond acceptors (Lipinski definition) is 2. The predicted molar refractivity (Wildman–Crippen MR) is 145 cm³/mol. The summed E-state index contributed by atoms with van der Waals surface area (Å²) in [5, 5.41) is 0. The molecule has 3 aliphatic carbocycles. The number of carbonyl (C=O) groups excluding carboxylic acids is 1. The minimum absolute atomic E-state index is 0.152. The van der Waals surface area contributed by atoms with Gasteiger partial charge in [-0.05, 0) is 0 Å². The van der Waals surface area contributed by atoms with E-state index in [1.807, 2.05) is 11.2 Å². The van der Waals surface area contributed by atoms with E-state index < -0.39 is 18.4 Å². The Balaban J connectivity index is 2.43. The fraction of sp³-hybridized carbons (Fsp3) is 0.897. The maximum absolute atomic E-state index is 13.1. The van der Waals surface area contributed by atoms with Crippen LogP contribution in [0.4, 0.5) is 4.79 Å². The molecule has 3 aliphatic rings. The number of hydrogen-bond donors (Lipinski definition) is 0. The van der Waals surface area contributed by atoms with Crippen molar-refractivity contribution in [2.45, 2.75) is 143 Å². The van der Waals surface area contributed by atoms with Crippen LogP contribution in [0.15, 0.2) is 11.8 Å². The van der Waals surface area contributed by atoms with Gasteiger partial charge in [-0.2, -0.15) is 0 Å². The van der Waals surface area contributed by atoms with Crippen molar-refractivity contribution in [2.24, 2.45) is 17.3 Å². The molecule has 0 saturated heterocycles. The van der Waals surface area contributed by atoms with E-state index in [4.69, 9.17) is 4.74 Å². The number of fused-ring (bicyclic) bond motifs is 2. The van der Waals surface area contributed by atoms with Crippen LogP contribution in [0.5, 0.6) is 0 Å². The Morgan fingerprint density at radius 2 is 1.45 bits per heavy atom. The summed E-state index contributed by atoms with van der Waals surface area (Å²) in [6, 6.07) is 0.305. The maximum atomic E-state index is 13.1. The van der Waals surface area contributed by atoms with Crippen LogP contribution in [-0.2, 0) is 4.74 Å². The number of rotatable bonds is 13. The molecule has 0 radical (unpaired) electrons. The molecule has 3 rings (SSSR count). The summed E-state index contributed by atoms with van der Waals surface area (Å²) in [4.78, 5) is 15.0. The fourth-order valence-corrected chi connectivity index (χ4v) is 26.3. The van der Waals surface area contributed by atoms with Crippen LogP contribution in [-0.4, -0.2) is 41.5 Å². The predicted octanol–water partition coefficient (Wildman–Crippen LogP) is 9.41. The van der Waals surface area contributed by atoms with Gasteiger partial charge < -0.3 is 0 Å². The number of unbranched alkanes of at least 4 members (excludes halogenated alkanes) is 3. The van der Waals surface area contributed by atoms with Gasteiger partial charge in [0.2, 0.25) is 0 Å². The van der Waals surface area contributed by atoms with Crippen molar-refractivity contribution >= 4 is 24.5 Å². The molecule has 3 nitrogen and oxygen atoms in total. The first-order valence-corrected chi connectivity index (χ1v) is 21.9. The Labute approximate surface area is 210 Å². The van der Waals surface area contributed by atoms with Crippen LogP contribution in [0.1, 0.15) is 114 Å². The molecule has 1 amide bonds. The Morgan fingerprint density at radius 3 is 1.85 bits per heavy atom. The van der Waals surface area contributed by atoms with Gasteiger partial charge >= 0.3 is 211 Å². The van der Waals surface area contributed by atoms with Gasteiger partial charge in [-0.15, -0.1) is 0 Å². The minimum atomic E-state index is -2.47. The quantitative estimate of drug-likeness (QED) is 0.164. The second kappa shape index (κ2) is 12.7. The number of allylic oxidation sites excluding steroid dienone is 1. The van der Waals surface area contributed by atoms with E-state index in [-0.39, 0.29) is 18.2 Å². The molecule has 33 heavy (non-hydrogen) atoms. The number of carbonyl (C=O) groups is 1. The Kier molecular flexibility index (Phi) is 11.2. The Hall–Kier alpha value is -0.191. The van der Waals surface area contributed by atoms with E-state index in [1.54, 1.807) is 5.57 Å². The van der Waals surface area contributed by atoms with Crippen molar-refractivity contribution < 1.29 is 9.53 Å². The molecule has 192 valence electrons. The van der Waals surface area contributed by atoms with Gasteiger partial charge in [0, 0.05) is 0 Å². The van der Waals surface area contributed by atoms with E-state index in [2.05, 4.69) is 62.3 Å². The normalized spacial score (nSPS) is 25.4. The molecule has 0 spiro atoms. The molecule has 0 aromatic carbocycles. The molecule has 3 fully saturated rings. The van der Waals surface area contributed by atoms with E-state index in [0.717, 1.165) is 9.85 Å². The van der Waals surface area contributed by atoms with E-state index >= 15 is 0 Å². The molecular formula is C29H55NO2Sn. The van der Waals surface area contributed by atoms with Crippen LogP contribution in [0.25, 0.3) is 0 Å². The van der Waals surface area contributed by atoms with Crippen molar-refractivity contribution in [2.75, 3.05) is 0 Å². The third-order valence-corrected chi connectivity index (χ3v) is 26.6. The van der Waals surface area contributed by atoms with Gasteiger partial charge in [-0.3, -0.25) is 0 Å². The summed E-state index contributed by atoms with van der Waals surface area (Å²) < 4.78 is 11.4. The van der Waals surface area contributed by atoms with Crippen LogP contribution in [0.3, 0.4) is 0 Å². The van der Waals surface area contributed by atoms with Crippen molar-refractivity contribution in [3.63, 3.8) is 0 Å². The van der Waals surface area contributed by atoms with E-state index in [0.29, 0.717) is 11.3 Å². The van der Waals surface area contributed by atoms with E-state index in [1.165, 1.54) is 64.7 Å². The van der Waals surface area contributed by atoms with Crippen molar-refractivity contribution in [3.8, 4) is 0 Å². The first-order chi connectivity index (χ1) is 15.6. The number of amides is 1. The average Bonchev–Trinajstić information content (AvgIpc) is 2.76. The van der Waals surface area contributed by atoms with Crippen LogP contribution < -0.4 is 0 Å². The molecule has 3 saturated carbocycles. The van der Waals surface area contributed by atoms with Gasteiger partial charge in [0.05, 0.1) is 0 Å². The van der Waals surface area contributed by atoms with Gasteiger partial charge in [0.1, 0.15) is 0 Å². The molecule has 4 heteroatoms. The zero-order chi connectivity index (χ0) is 24.8. The topological polar surface area (TPSA) is 29.5 Å². The number of nitrogens with zero attached hydrogens (tertiary/aromatic N) is 1. The third kappa shape index (κ3) is 6.53. The van der Waals surface area contributed by atoms with Crippen molar-refractivity contribution in [1.82, 2.24) is 4.90 Å². The Bertz CT molecular complexity index is 624. The second-order valence-corrected chi connectivity index (χ2v) is 26.4. The average molecular weight is 568 g/mol. The zero-order valence-corrected chi connectivity index (χ0v) is 26.4. The summed E-state index contributed by atoms with van der Waals surface area (Å²) in [6.07, 6.45) is 12.7. The molecule has 2 bridgehead atoms. The molecule has 0 aromatic rings. The van der Waals surface area contributed by atoms with Crippen LogP contribution >= 0.6 is 0 Å². The third-order valence-electron chi connectivity index (χ3n) is 9.24. The fourth-order valence-electron chi connectivity index (χ4n) is 7.09. The summed E-state index contributed by atoms with van der Waals surface area (Å²) >= 11 is -2.47. The molecule has 3 atom stereocenters. The second-order valence-electron chi connectivity index (χ2n) is 12.4. The first kappa shape index (κ1) is 29.0. The SMILES string of the molecule is CCC[CH2][Sn]([CH2]CCC)([CH2]CCC)[C@H]1C[C@H]2C[C@@H](/C1=C\OC(=O)N(C(C)C)C(C)C)C2(C)C. The molecular weight excluding hydrogens is 513 g/mol. The summed E-state index contributed by atoms with van der Waals surface area (Å²) in [5.74, 6) is 1.48. The molecule has 0 aliphatic heterocycles. The van der Waals surface area contributed by atoms with Crippen LogP contribution in [0.2, 0.25) is 17.2 Å². The summed E-state index contributed by atoms with van der Waals surface area (Å²) in [6.45, 7) is 20.4. The molecule has 0 aromatic heterocycles. The first-order valence-electron chi connectivity index (χ1n) is 14.2. The van der Waals surface area contributed by atoms with E-state index in [9.17, 15) is 4.79 Å². The van der Waals surface area contributed by atoms with Gasteiger partial charge in [0.25, 0.3) is 0 Å². The van der Waals surface area contributed by atoms with Gasteiger partial charge in [0.15, 0.2) is 0 Å². The number of ether oxygens (including phenoxy) is 1. The van der Waals surface area contributed by atoms with Gasteiger partial charge in [-0.25, -0.2) is 0 Å². The van der Waals surface area contributed by atoms with Crippen molar-refractivity contribution in [3.05, 3.63) is 11.8 Å². The van der Waals surface area contributed by atoms with Crippen molar-refractivity contribution in [1.29, 1.82) is 0 Å². The zero-order valence-electron chi connectivity index (χ0n) is 23.5. The molecule has 0 unspecified atom stereocenters. The van der Waals surface area contributed by atoms with Crippen LogP contribution in [0, 0.1) is 17.3 Å². The standard InChI is InChI=1S/C17H28NO2.3C4H9.Sn/c1-11(2)18(12(3)4)16(19)20-10-13-7-8-14-9-15(13)17(14,5)6;3*1-3-4-2;/h7,10-12,14-15H,8-9H2,1-6H3;3*1,3-4H2,2H3;/b13-10-;;;;/t14-,15-;;;;/m0..../s1. The van der Waals surface area contributed by atoms with Gasteiger partial charge in [-0.1, -0.05) is 0 Å². The summed E-state index contributed by atoms with van der Waals surface area (Å²) in [5.41, 5.74) is 1.92. The summed E-state index contributed by atoms with van der Waals surface area (Å²) in [7, 11) is 0. The molecule has 0 N–H and O–H groups in total. The monoisotopic (exact) mass is 569 g/mol. The Morgan fingerprint density at radius 1 is 0.970 bits per heavy atom.